The molecule has 0 saturated carbocycles. The molecule has 3 aromatic rings. The van der Waals surface area contributed by atoms with Crippen molar-refractivity contribution in [1.82, 2.24) is 15.0 Å². The fourth-order valence-electron chi connectivity index (χ4n) is 4.11. The van der Waals surface area contributed by atoms with Gasteiger partial charge in [0.2, 0.25) is 5.88 Å². The number of pyridine rings is 1. The van der Waals surface area contributed by atoms with Gasteiger partial charge in [-0.3, -0.25) is 9.52 Å². The predicted molar refractivity (Wildman–Crippen MR) is 131 cm³/mol. The maximum absolute atomic E-state index is 13.1. The molecule has 186 valence electrons. The number of nitrogens with one attached hydrogen (secondary N) is 1. The molecule has 0 aliphatic carbocycles. The molecule has 35 heavy (non-hydrogen) atoms. The first-order valence-electron chi connectivity index (χ1n) is 11.5. The van der Waals surface area contributed by atoms with Gasteiger partial charge in [-0.15, -0.1) is 0 Å². The molecule has 0 fully saturated rings. The number of hydrogen-bond acceptors (Lipinski definition) is 7. The van der Waals surface area contributed by atoms with Crippen LogP contribution in [-0.4, -0.2) is 42.5 Å². The molecule has 2 aromatic heterocycles. The number of anilines is 1. The summed E-state index contributed by atoms with van der Waals surface area (Å²) in [5.74, 6) is 1.10. The maximum Gasteiger partial charge on any atom is 0.263 e. The van der Waals surface area contributed by atoms with Gasteiger partial charge in [0.05, 0.1) is 17.1 Å². The van der Waals surface area contributed by atoms with E-state index in [4.69, 9.17) is 9.26 Å². The van der Waals surface area contributed by atoms with Gasteiger partial charge in [0, 0.05) is 36.3 Å². The first kappa shape index (κ1) is 24.7. The van der Waals surface area contributed by atoms with Crippen molar-refractivity contribution < 1.29 is 22.5 Å². The second-order valence-electron chi connectivity index (χ2n) is 9.57. The second-order valence-corrected chi connectivity index (χ2v) is 11.2. The van der Waals surface area contributed by atoms with Crippen LogP contribution in [0.2, 0.25) is 0 Å². The van der Waals surface area contributed by atoms with Gasteiger partial charge in [-0.25, -0.2) is 13.4 Å². The molecule has 1 aliphatic rings. The van der Waals surface area contributed by atoms with Crippen molar-refractivity contribution in [2.75, 3.05) is 17.9 Å². The van der Waals surface area contributed by atoms with Crippen LogP contribution in [0.1, 0.15) is 60.5 Å². The molecule has 1 aromatic carbocycles. The quantitative estimate of drug-likeness (QED) is 0.545. The van der Waals surface area contributed by atoms with E-state index in [1.54, 1.807) is 42.2 Å². The summed E-state index contributed by atoms with van der Waals surface area (Å²) >= 11 is 0. The topological polar surface area (TPSA) is 115 Å². The zero-order chi connectivity index (χ0) is 25.4. The van der Waals surface area contributed by atoms with E-state index in [9.17, 15) is 13.2 Å². The summed E-state index contributed by atoms with van der Waals surface area (Å²) in [6, 6.07) is 8.36. The van der Waals surface area contributed by atoms with Crippen molar-refractivity contribution in [3.63, 3.8) is 0 Å². The van der Waals surface area contributed by atoms with E-state index in [-0.39, 0.29) is 22.0 Å². The average molecular weight is 499 g/mol. The van der Waals surface area contributed by atoms with Crippen molar-refractivity contribution in [2.45, 2.75) is 57.9 Å². The highest BCUT2D eigenvalue weighted by Gasteiger charge is 2.28. The van der Waals surface area contributed by atoms with E-state index < -0.39 is 10.0 Å². The minimum atomic E-state index is -3.90. The molecule has 9 nitrogen and oxygen atoms in total. The summed E-state index contributed by atoms with van der Waals surface area (Å²) in [5, 5.41) is 3.93. The lowest BCUT2D eigenvalue weighted by atomic mass is 9.91. The van der Waals surface area contributed by atoms with Gasteiger partial charge in [0.15, 0.2) is 5.82 Å². The number of hydrogen-bond donors (Lipinski definition) is 1. The van der Waals surface area contributed by atoms with E-state index in [1.165, 1.54) is 6.20 Å². The minimum absolute atomic E-state index is 0.105. The van der Waals surface area contributed by atoms with Crippen molar-refractivity contribution in [3.8, 4) is 5.88 Å². The molecule has 1 aliphatic heterocycles. The zero-order valence-electron chi connectivity index (χ0n) is 20.6. The van der Waals surface area contributed by atoms with Crippen molar-refractivity contribution in [2.24, 2.45) is 0 Å². The van der Waals surface area contributed by atoms with Crippen LogP contribution in [0.25, 0.3) is 0 Å². The lowest BCUT2D eigenvalue weighted by molar-refractivity contribution is 0.0734. The van der Waals surface area contributed by atoms with E-state index in [0.717, 1.165) is 11.1 Å². The highest BCUT2D eigenvalue weighted by molar-refractivity contribution is 7.92. The number of sulfonamides is 1. The third kappa shape index (κ3) is 5.17. The Balaban J connectivity index is 1.53. The molecule has 1 amide bonds. The number of ether oxygens (including phenoxy) is 1. The molecule has 0 atom stereocenters. The molecular weight excluding hydrogens is 468 g/mol. The zero-order valence-corrected chi connectivity index (χ0v) is 21.4. The number of carbonyl (C=O) groups excluding carboxylic acids is 1. The van der Waals surface area contributed by atoms with Gasteiger partial charge in [-0.1, -0.05) is 32.0 Å². The summed E-state index contributed by atoms with van der Waals surface area (Å²) in [4.78, 5) is 19.0. The number of aromatic nitrogens is 2. The van der Waals surface area contributed by atoms with Gasteiger partial charge < -0.3 is 14.2 Å². The Morgan fingerprint density at radius 2 is 1.97 bits per heavy atom. The van der Waals surface area contributed by atoms with Gasteiger partial charge in [-0.2, -0.15) is 0 Å². The molecule has 1 N–H and O–H groups in total. The SMILES string of the molecule is CCOc1ccc(C(=O)N2CCc3ccc(S(=O)(=O)Nc4noc(C(C)(C)C)c4C)cc3C2)cn1. The van der Waals surface area contributed by atoms with Gasteiger partial charge in [0.1, 0.15) is 5.76 Å². The number of amides is 1. The highest BCUT2D eigenvalue weighted by atomic mass is 32.2. The fourth-order valence-corrected chi connectivity index (χ4v) is 5.22. The van der Waals surface area contributed by atoms with E-state index in [0.29, 0.717) is 48.9 Å². The number of nitrogens with zero attached hydrogens (tertiary/aromatic N) is 3. The second kappa shape index (κ2) is 9.33. The molecule has 0 bridgehead atoms. The average Bonchev–Trinajstić information content (AvgIpc) is 3.18. The van der Waals surface area contributed by atoms with Crippen LogP contribution in [0.5, 0.6) is 5.88 Å². The van der Waals surface area contributed by atoms with Crippen LogP contribution < -0.4 is 9.46 Å². The fraction of sp³-hybridized carbons (Fsp3) is 0.400. The molecule has 3 heterocycles. The number of fused-ring (bicyclic) bond motifs is 1. The Labute approximate surface area is 205 Å². The van der Waals surface area contributed by atoms with Crippen LogP contribution in [0, 0.1) is 6.92 Å². The van der Waals surface area contributed by atoms with E-state index in [1.807, 2.05) is 27.7 Å². The van der Waals surface area contributed by atoms with Crippen LogP contribution >= 0.6 is 0 Å². The Morgan fingerprint density at radius 1 is 1.20 bits per heavy atom. The molecule has 0 spiro atoms. The van der Waals surface area contributed by atoms with Crippen molar-refractivity contribution in [3.05, 3.63) is 64.5 Å². The molecular formula is C25H30N4O5S. The molecule has 0 unspecified atom stereocenters. The van der Waals surface area contributed by atoms with Crippen LogP contribution in [0.4, 0.5) is 5.82 Å². The minimum Gasteiger partial charge on any atom is -0.478 e. The first-order valence-corrected chi connectivity index (χ1v) is 13.0. The van der Waals surface area contributed by atoms with Crippen LogP contribution in [0.3, 0.4) is 0 Å². The Hall–Kier alpha value is -3.40. The normalized spacial score (nSPS) is 13.9. The van der Waals surface area contributed by atoms with Crippen LogP contribution in [0.15, 0.2) is 45.9 Å². The summed E-state index contributed by atoms with van der Waals surface area (Å²) in [6.45, 7) is 10.9. The first-order chi connectivity index (χ1) is 16.5. The monoisotopic (exact) mass is 498 g/mol. The summed E-state index contributed by atoms with van der Waals surface area (Å²) in [5.41, 5.74) is 2.61. The molecule has 4 rings (SSSR count). The Kier molecular flexibility index (Phi) is 6.59. The molecule has 0 radical (unpaired) electrons. The van der Waals surface area contributed by atoms with Crippen LogP contribution in [-0.2, 0) is 28.4 Å². The highest BCUT2D eigenvalue weighted by Crippen LogP contribution is 2.31. The van der Waals surface area contributed by atoms with Crippen molar-refractivity contribution in [1.29, 1.82) is 0 Å². The number of rotatable bonds is 6. The third-order valence-electron chi connectivity index (χ3n) is 5.90. The molecule has 10 heteroatoms. The summed E-state index contributed by atoms with van der Waals surface area (Å²) in [6.07, 6.45) is 2.14. The van der Waals surface area contributed by atoms with Crippen molar-refractivity contribution >= 4 is 21.7 Å². The standard InChI is InChI=1S/C25H30N4O5S/c1-6-33-21-10-8-18(14-26-21)24(30)29-12-11-17-7-9-20(13-19(17)15-29)35(31,32)28-23-16(2)22(34-27-23)25(3,4)5/h7-10,13-14H,6,11-12,15H2,1-5H3,(H,27,28). The van der Waals surface area contributed by atoms with E-state index in [2.05, 4.69) is 14.9 Å². The number of carbonyl (C=O) groups is 1. The van der Waals surface area contributed by atoms with Gasteiger partial charge in [0.25, 0.3) is 15.9 Å². The lowest BCUT2D eigenvalue weighted by Crippen LogP contribution is -2.36. The maximum atomic E-state index is 13.1. The predicted octanol–water partition coefficient (Wildman–Crippen LogP) is 4.07. The Bertz CT molecular complexity index is 1340. The number of benzene rings is 1. The lowest BCUT2D eigenvalue weighted by Gasteiger charge is -2.29. The van der Waals surface area contributed by atoms with E-state index >= 15 is 0 Å². The largest absolute Gasteiger partial charge is 0.478 e. The Morgan fingerprint density at radius 3 is 2.60 bits per heavy atom. The molecule has 0 saturated heterocycles. The van der Waals surface area contributed by atoms with Gasteiger partial charge >= 0.3 is 0 Å². The smallest absolute Gasteiger partial charge is 0.263 e. The summed E-state index contributed by atoms with van der Waals surface area (Å²) < 4.78 is 39.5. The van der Waals surface area contributed by atoms with Gasteiger partial charge in [-0.05, 0) is 49.6 Å². The third-order valence-corrected chi connectivity index (χ3v) is 7.24. The summed E-state index contributed by atoms with van der Waals surface area (Å²) in [7, 11) is -3.90.